The largest absolute Gasteiger partial charge is 0.462 e. The van der Waals surface area contributed by atoms with E-state index < -0.39 is 23.3 Å². The Morgan fingerprint density at radius 3 is 2.52 bits per heavy atom. The van der Waals surface area contributed by atoms with Crippen LogP contribution in [0.5, 0.6) is 0 Å². The van der Waals surface area contributed by atoms with Gasteiger partial charge < -0.3 is 30.0 Å². The number of anilines is 1. The summed E-state index contributed by atoms with van der Waals surface area (Å²) in [7, 11) is 1.47. The molecule has 0 aliphatic carbocycles. The lowest BCUT2D eigenvalue weighted by molar-refractivity contribution is -0.147. The Morgan fingerprint density at radius 2 is 1.83 bits per heavy atom. The van der Waals surface area contributed by atoms with Crippen molar-refractivity contribution in [1.29, 1.82) is 0 Å². The number of methoxy groups -OCH3 is 1. The summed E-state index contributed by atoms with van der Waals surface area (Å²) >= 11 is 0. The highest BCUT2D eigenvalue weighted by Crippen LogP contribution is 2.52. The molecule has 2 heterocycles. The molecule has 9 nitrogen and oxygen atoms in total. The van der Waals surface area contributed by atoms with E-state index in [4.69, 9.17) is 24.7 Å². The van der Waals surface area contributed by atoms with Gasteiger partial charge >= 0.3 is 17.9 Å². The summed E-state index contributed by atoms with van der Waals surface area (Å²) in [5, 5.41) is 2.90. The number of hydrogen-bond donors (Lipinski definition) is 2. The highest BCUT2D eigenvalue weighted by Gasteiger charge is 2.62. The summed E-state index contributed by atoms with van der Waals surface area (Å²) in [4.78, 5) is 39.1. The van der Waals surface area contributed by atoms with Gasteiger partial charge in [0.05, 0.1) is 13.2 Å². The number of hydrogen-bond acceptors (Lipinski definition) is 9. The number of esters is 3. The fourth-order valence-electron chi connectivity index (χ4n) is 3.62. The lowest BCUT2D eigenvalue weighted by atomic mass is 9.67. The predicted octanol–water partition coefficient (Wildman–Crippen LogP) is 1.10. The molecule has 0 fully saturated rings. The van der Waals surface area contributed by atoms with Gasteiger partial charge in [-0.15, -0.1) is 0 Å². The number of allylic oxidation sites excluding steroid dienone is 1. The number of nitrogens with two attached hydrogens (primary N) is 1. The van der Waals surface area contributed by atoms with Crippen LogP contribution in [0.3, 0.4) is 0 Å². The number of carbonyl (C=O) groups excluding carboxylic acids is 3. The first-order valence-corrected chi connectivity index (χ1v) is 9.03. The summed E-state index contributed by atoms with van der Waals surface area (Å²) in [6.45, 7) is 3.27. The molecule has 1 aromatic rings. The first-order valence-electron chi connectivity index (χ1n) is 9.03. The van der Waals surface area contributed by atoms with Crippen LogP contribution in [0.15, 0.2) is 47.0 Å². The second kappa shape index (κ2) is 7.96. The van der Waals surface area contributed by atoms with Crippen LogP contribution in [0, 0.1) is 0 Å². The van der Waals surface area contributed by atoms with Crippen LogP contribution in [0.25, 0.3) is 0 Å². The number of nitrogens with one attached hydrogen (secondary N) is 1. The van der Waals surface area contributed by atoms with Crippen LogP contribution in [-0.2, 0) is 38.7 Å². The van der Waals surface area contributed by atoms with E-state index in [-0.39, 0.29) is 42.5 Å². The van der Waals surface area contributed by atoms with Gasteiger partial charge in [-0.25, -0.2) is 14.4 Å². The van der Waals surface area contributed by atoms with E-state index in [0.29, 0.717) is 11.3 Å². The molecule has 3 N–H and O–H groups in total. The molecular formula is C20H22N2O7. The summed E-state index contributed by atoms with van der Waals surface area (Å²) in [5.41, 5.74) is 4.73. The maximum Gasteiger partial charge on any atom is 0.339 e. The van der Waals surface area contributed by atoms with Crippen LogP contribution < -0.4 is 11.1 Å². The zero-order valence-corrected chi connectivity index (χ0v) is 16.4. The van der Waals surface area contributed by atoms with Gasteiger partial charge in [0.2, 0.25) is 0 Å². The molecule has 154 valence electrons. The van der Waals surface area contributed by atoms with Gasteiger partial charge in [-0.1, -0.05) is 18.2 Å². The molecular weight excluding hydrogens is 380 g/mol. The molecule has 2 aliphatic rings. The Bertz CT molecular complexity index is 935. The Kier molecular flexibility index (Phi) is 5.60. The van der Waals surface area contributed by atoms with Crippen molar-refractivity contribution in [2.45, 2.75) is 19.3 Å². The molecule has 0 bridgehead atoms. The third-order valence-electron chi connectivity index (χ3n) is 4.73. The molecule has 0 saturated carbocycles. The standard InChI is InChI=1S/C20H22N2O7/c1-4-27-18(24)15-16(21)22-13-8-6-5-7-12(13)20(15)14(11(2)29-19(20)25)17(23)28-10-9-26-3/h5-8,22H,4,9-10,21H2,1-3H3/t20-/m1/s1. The minimum absolute atomic E-state index is 0.0312. The minimum Gasteiger partial charge on any atom is -0.462 e. The van der Waals surface area contributed by atoms with E-state index in [0.717, 1.165) is 0 Å². The van der Waals surface area contributed by atoms with Crippen molar-refractivity contribution < 1.29 is 33.3 Å². The van der Waals surface area contributed by atoms with Crippen LogP contribution in [-0.4, -0.2) is 44.8 Å². The van der Waals surface area contributed by atoms with Gasteiger partial charge in [-0.05, 0) is 19.9 Å². The van der Waals surface area contributed by atoms with Crippen molar-refractivity contribution in [3.8, 4) is 0 Å². The summed E-state index contributed by atoms with van der Waals surface area (Å²) in [6, 6.07) is 6.72. The van der Waals surface area contributed by atoms with E-state index in [1.807, 2.05) is 0 Å². The maximum atomic E-state index is 13.2. The lowest BCUT2D eigenvalue weighted by Gasteiger charge is -2.35. The normalized spacial score (nSPS) is 20.3. The third-order valence-corrected chi connectivity index (χ3v) is 4.73. The van der Waals surface area contributed by atoms with E-state index in [9.17, 15) is 14.4 Å². The van der Waals surface area contributed by atoms with Gasteiger partial charge in [0.1, 0.15) is 29.3 Å². The van der Waals surface area contributed by atoms with Crippen LogP contribution in [0.4, 0.5) is 5.69 Å². The minimum atomic E-state index is -1.90. The Morgan fingerprint density at radius 1 is 1.14 bits per heavy atom. The molecule has 1 spiro atoms. The number of rotatable bonds is 6. The molecule has 0 unspecified atom stereocenters. The van der Waals surface area contributed by atoms with Crippen molar-refractivity contribution >= 4 is 23.6 Å². The Labute approximate surface area is 167 Å². The second-order valence-corrected chi connectivity index (χ2v) is 6.38. The van der Waals surface area contributed by atoms with Gasteiger partial charge in [0, 0.05) is 18.4 Å². The van der Waals surface area contributed by atoms with Crippen LogP contribution in [0.1, 0.15) is 19.4 Å². The monoisotopic (exact) mass is 402 g/mol. The molecule has 1 atom stereocenters. The van der Waals surface area contributed by atoms with Gasteiger partial charge in [0.15, 0.2) is 5.41 Å². The van der Waals surface area contributed by atoms with Crippen molar-refractivity contribution in [1.82, 2.24) is 0 Å². The fourth-order valence-corrected chi connectivity index (χ4v) is 3.62. The van der Waals surface area contributed by atoms with E-state index >= 15 is 0 Å². The fraction of sp³-hybridized carbons (Fsp3) is 0.350. The van der Waals surface area contributed by atoms with E-state index in [1.54, 1.807) is 31.2 Å². The first-order chi connectivity index (χ1) is 13.9. The predicted molar refractivity (Wildman–Crippen MR) is 101 cm³/mol. The van der Waals surface area contributed by atoms with E-state index in [1.165, 1.54) is 14.0 Å². The van der Waals surface area contributed by atoms with Crippen LogP contribution >= 0.6 is 0 Å². The molecule has 9 heteroatoms. The van der Waals surface area contributed by atoms with Gasteiger partial charge in [0.25, 0.3) is 0 Å². The second-order valence-electron chi connectivity index (χ2n) is 6.38. The summed E-state index contributed by atoms with van der Waals surface area (Å²) in [6.07, 6.45) is 0. The highest BCUT2D eigenvalue weighted by atomic mass is 16.6. The third kappa shape index (κ3) is 3.13. The Hall–Kier alpha value is -3.33. The van der Waals surface area contributed by atoms with Crippen molar-refractivity contribution in [2.75, 3.05) is 32.2 Å². The summed E-state index contributed by atoms with van der Waals surface area (Å²) < 4.78 is 20.6. The van der Waals surface area contributed by atoms with Gasteiger partial charge in [-0.3, -0.25) is 0 Å². The van der Waals surface area contributed by atoms with Crippen molar-refractivity contribution in [3.05, 3.63) is 52.6 Å². The SMILES string of the molecule is CCOC(=O)C1=C(N)Nc2ccccc2[C@]12C(=O)OC(C)=C2C(=O)OCCOC. The number of benzene rings is 1. The zero-order valence-electron chi connectivity index (χ0n) is 16.4. The maximum absolute atomic E-state index is 13.2. The molecule has 3 rings (SSSR count). The number of carbonyl (C=O) groups is 3. The number of ether oxygens (including phenoxy) is 4. The summed E-state index contributed by atoms with van der Waals surface area (Å²) in [5.74, 6) is -2.54. The van der Waals surface area contributed by atoms with Crippen LogP contribution in [0.2, 0.25) is 0 Å². The molecule has 2 aliphatic heterocycles. The number of para-hydroxylation sites is 1. The molecule has 0 amide bonds. The number of fused-ring (bicyclic) bond motifs is 2. The molecule has 0 radical (unpaired) electrons. The van der Waals surface area contributed by atoms with E-state index in [2.05, 4.69) is 5.32 Å². The molecule has 0 saturated heterocycles. The average Bonchev–Trinajstić information content (AvgIpc) is 2.92. The lowest BCUT2D eigenvalue weighted by Crippen LogP contribution is -2.47. The van der Waals surface area contributed by atoms with Crippen molar-refractivity contribution in [2.24, 2.45) is 5.73 Å². The zero-order chi connectivity index (χ0) is 21.2. The smallest absolute Gasteiger partial charge is 0.339 e. The average molecular weight is 402 g/mol. The number of cyclic esters (lactones) is 1. The molecule has 29 heavy (non-hydrogen) atoms. The quantitative estimate of drug-likeness (QED) is 0.409. The highest BCUT2D eigenvalue weighted by molar-refractivity contribution is 6.15. The Balaban J connectivity index is 2.26. The topological polar surface area (TPSA) is 126 Å². The molecule has 1 aromatic carbocycles. The van der Waals surface area contributed by atoms with Gasteiger partial charge in [-0.2, -0.15) is 0 Å². The first kappa shape index (κ1) is 20.4. The molecule has 0 aromatic heterocycles. The van der Waals surface area contributed by atoms with Crippen molar-refractivity contribution in [3.63, 3.8) is 0 Å².